The van der Waals surface area contributed by atoms with E-state index in [4.69, 9.17) is 0 Å². The Morgan fingerprint density at radius 1 is 1.32 bits per heavy atom. The summed E-state index contributed by atoms with van der Waals surface area (Å²) in [5.41, 5.74) is -0.151. The number of anilines is 1. The van der Waals surface area contributed by atoms with Gasteiger partial charge in [-0.2, -0.15) is 13.2 Å². The summed E-state index contributed by atoms with van der Waals surface area (Å²) in [7, 11) is 0. The van der Waals surface area contributed by atoms with Crippen LogP contribution >= 0.6 is 0 Å². The van der Waals surface area contributed by atoms with E-state index in [1.54, 1.807) is 6.92 Å². The van der Waals surface area contributed by atoms with E-state index < -0.39 is 17.7 Å². The van der Waals surface area contributed by atoms with Crippen molar-refractivity contribution in [2.75, 3.05) is 18.5 Å². The van der Waals surface area contributed by atoms with Crippen LogP contribution in [0.25, 0.3) is 0 Å². The lowest BCUT2D eigenvalue weighted by atomic mass is 10.2. The van der Waals surface area contributed by atoms with Crippen LogP contribution in [-0.4, -0.2) is 19.1 Å². The Hall–Kier alpha value is -1.98. The summed E-state index contributed by atoms with van der Waals surface area (Å²) in [6.45, 7) is 2.33. The minimum Gasteiger partial charge on any atom is -0.463 e. The van der Waals surface area contributed by atoms with Crippen LogP contribution in [0.3, 0.4) is 0 Å². The van der Waals surface area contributed by atoms with E-state index in [9.17, 15) is 18.0 Å². The molecule has 1 aromatic carbocycles. The molecule has 0 radical (unpaired) electrons. The number of alkyl halides is 3. The molecule has 0 unspecified atom stereocenters. The molecule has 19 heavy (non-hydrogen) atoms. The van der Waals surface area contributed by atoms with Crippen molar-refractivity contribution in [1.29, 1.82) is 0 Å². The lowest BCUT2D eigenvalue weighted by Gasteiger charge is -2.08. The summed E-state index contributed by atoms with van der Waals surface area (Å²) in [5, 5.41) is 2.86. The average Bonchev–Trinajstić information content (AvgIpc) is 2.34. The number of hydrogen-bond donors (Lipinski definition) is 1. The molecule has 3 nitrogen and oxygen atoms in total. The summed E-state index contributed by atoms with van der Waals surface area (Å²) in [6.07, 6.45) is -1.53. The van der Waals surface area contributed by atoms with Crippen molar-refractivity contribution in [2.24, 2.45) is 0 Å². The molecule has 0 heterocycles. The monoisotopic (exact) mass is 273 g/mol. The van der Waals surface area contributed by atoms with Crippen molar-refractivity contribution in [1.82, 2.24) is 0 Å². The van der Waals surface area contributed by atoms with Gasteiger partial charge in [0.15, 0.2) is 0 Å². The second-order valence-electron chi connectivity index (χ2n) is 3.61. The van der Waals surface area contributed by atoms with Gasteiger partial charge in [0.2, 0.25) is 0 Å². The summed E-state index contributed by atoms with van der Waals surface area (Å²) in [5.74, 6) is -0.447. The van der Waals surface area contributed by atoms with Crippen molar-refractivity contribution in [3.05, 3.63) is 42.0 Å². The van der Waals surface area contributed by atoms with Gasteiger partial charge in [-0.05, 0) is 31.2 Å². The van der Waals surface area contributed by atoms with E-state index >= 15 is 0 Å². The van der Waals surface area contributed by atoms with E-state index in [0.717, 1.165) is 12.1 Å². The third-order valence-corrected chi connectivity index (χ3v) is 2.18. The third-order valence-electron chi connectivity index (χ3n) is 2.18. The molecule has 0 spiro atoms. The van der Waals surface area contributed by atoms with Gasteiger partial charge < -0.3 is 10.1 Å². The Morgan fingerprint density at radius 2 is 1.95 bits per heavy atom. The Kier molecular flexibility index (Phi) is 5.41. The Balaban J connectivity index is 2.44. The number of hydrogen-bond acceptors (Lipinski definition) is 3. The number of rotatable bonds is 5. The minimum atomic E-state index is -4.33. The Labute approximate surface area is 109 Å². The van der Waals surface area contributed by atoms with Gasteiger partial charge >= 0.3 is 12.1 Å². The van der Waals surface area contributed by atoms with Crippen LogP contribution < -0.4 is 5.32 Å². The number of ether oxygens (including phenoxy) is 1. The van der Waals surface area contributed by atoms with Crippen molar-refractivity contribution >= 4 is 11.7 Å². The van der Waals surface area contributed by atoms with Gasteiger partial charge in [0.25, 0.3) is 0 Å². The van der Waals surface area contributed by atoms with Gasteiger partial charge in [0.1, 0.15) is 0 Å². The average molecular weight is 273 g/mol. The lowest BCUT2D eigenvalue weighted by molar-refractivity contribution is -0.138. The quantitative estimate of drug-likeness (QED) is 0.661. The number of nitrogens with one attached hydrogen (secondary N) is 1. The van der Waals surface area contributed by atoms with Crippen molar-refractivity contribution < 1.29 is 22.7 Å². The molecule has 0 bridgehead atoms. The first-order chi connectivity index (χ1) is 8.93. The van der Waals surface area contributed by atoms with Gasteiger partial charge in [-0.1, -0.05) is 6.08 Å². The highest BCUT2D eigenvalue weighted by Gasteiger charge is 2.29. The van der Waals surface area contributed by atoms with Crippen LogP contribution in [0.2, 0.25) is 0 Å². The zero-order valence-electron chi connectivity index (χ0n) is 10.3. The normalized spacial score (nSPS) is 11.6. The molecule has 0 aromatic heterocycles. The predicted octanol–water partition coefficient (Wildman–Crippen LogP) is 3.24. The van der Waals surface area contributed by atoms with E-state index in [2.05, 4.69) is 10.1 Å². The first kappa shape index (κ1) is 15.1. The maximum absolute atomic E-state index is 12.3. The topological polar surface area (TPSA) is 38.3 Å². The number of carbonyl (C=O) groups excluding carboxylic acids is 1. The molecule has 1 rings (SSSR count). The zero-order chi connectivity index (χ0) is 14.3. The Bertz CT molecular complexity index is 438. The second-order valence-corrected chi connectivity index (χ2v) is 3.61. The minimum absolute atomic E-state index is 0.301. The van der Waals surface area contributed by atoms with Crippen LogP contribution in [0.1, 0.15) is 12.5 Å². The number of carbonyl (C=O) groups is 1. The summed E-state index contributed by atoms with van der Waals surface area (Å²) in [4.78, 5) is 10.9. The van der Waals surface area contributed by atoms with Crippen molar-refractivity contribution in [3.8, 4) is 0 Å². The van der Waals surface area contributed by atoms with Gasteiger partial charge in [-0.15, -0.1) is 0 Å². The fourth-order valence-electron chi connectivity index (χ4n) is 1.30. The molecule has 1 aromatic rings. The largest absolute Gasteiger partial charge is 0.463 e. The smallest absolute Gasteiger partial charge is 0.416 e. The maximum Gasteiger partial charge on any atom is 0.416 e. The van der Waals surface area contributed by atoms with Crippen LogP contribution in [0.4, 0.5) is 18.9 Å². The summed E-state index contributed by atoms with van der Waals surface area (Å²) >= 11 is 0. The SMILES string of the molecule is CCOC(=O)/C=C/CNc1ccc(C(F)(F)F)cc1. The molecule has 6 heteroatoms. The predicted molar refractivity (Wildman–Crippen MR) is 65.7 cm³/mol. The standard InChI is InChI=1S/C13H14F3NO2/c1-2-19-12(18)4-3-9-17-11-7-5-10(6-8-11)13(14,15)16/h3-8,17H,2,9H2,1H3/b4-3+. The lowest BCUT2D eigenvalue weighted by Crippen LogP contribution is -2.05. The fourth-order valence-corrected chi connectivity index (χ4v) is 1.30. The van der Waals surface area contributed by atoms with E-state index in [1.165, 1.54) is 24.3 Å². The number of esters is 1. The van der Waals surface area contributed by atoms with Crippen LogP contribution in [-0.2, 0) is 15.7 Å². The molecule has 0 aliphatic carbocycles. The molecule has 0 atom stereocenters. The van der Waals surface area contributed by atoms with Gasteiger partial charge in [-0.25, -0.2) is 4.79 Å². The zero-order valence-corrected chi connectivity index (χ0v) is 10.3. The van der Waals surface area contributed by atoms with Crippen molar-refractivity contribution in [3.63, 3.8) is 0 Å². The molecule has 1 N–H and O–H groups in total. The fraction of sp³-hybridized carbons (Fsp3) is 0.308. The Morgan fingerprint density at radius 3 is 2.47 bits per heavy atom. The maximum atomic E-state index is 12.3. The van der Waals surface area contributed by atoms with Gasteiger partial charge in [0, 0.05) is 18.3 Å². The molecule has 0 saturated heterocycles. The highest BCUT2D eigenvalue weighted by Crippen LogP contribution is 2.29. The molecule has 0 saturated carbocycles. The van der Waals surface area contributed by atoms with E-state index in [1.807, 2.05) is 0 Å². The van der Waals surface area contributed by atoms with Crippen LogP contribution in [0, 0.1) is 0 Å². The van der Waals surface area contributed by atoms with Gasteiger partial charge in [-0.3, -0.25) is 0 Å². The molecular formula is C13H14F3NO2. The van der Waals surface area contributed by atoms with Gasteiger partial charge in [0.05, 0.1) is 12.2 Å². The highest BCUT2D eigenvalue weighted by molar-refractivity contribution is 5.81. The molecule has 0 aliphatic rings. The molecule has 104 valence electrons. The molecular weight excluding hydrogens is 259 g/mol. The summed E-state index contributed by atoms with van der Waals surface area (Å²) in [6, 6.07) is 4.66. The van der Waals surface area contributed by atoms with E-state index in [-0.39, 0.29) is 0 Å². The van der Waals surface area contributed by atoms with E-state index in [0.29, 0.717) is 18.8 Å². The highest BCUT2D eigenvalue weighted by atomic mass is 19.4. The molecule has 0 aliphatic heterocycles. The molecule has 0 fully saturated rings. The van der Waals surface area contributed by atoms with Crippen LogP contribution in [0.5, 0.6) is 0 Å². The van der Waals surface area contributed by atoms with Crippen molar-refractivity contribution in [2.45, 2.75) is 13.1 Å². The number of halogens is 3. The van der Waals surface area contributed by atoms with Crippen LogP contribution in [0.15, 0.2) is 36.4 Å². The first-order valence-corrected chi connectivity index (χ1v) is 5.68. The first-order valence-electron chi connectivity index (χ1n) is 5.68. The molecule has 0 amide bonds. The summed E-state index contributed by atoms with van der Waals surface area (Å²) < 4.78 is 41.6. The third kappa shape index (κ3) is 5.46. The second kappa shape index (κ2) is 6.82. The number of benzene rings is 1.